The van der Waals surface area contributed by atoms with Crippen molar-refractivity contribution < 1.29 is 13.2 Å². The van der Waals surface area contributed by atoms with Gasteiger partial charge in [0.15, 0.2) is 0 Å². The molecule has 0 saturated heterocycles. The summed E-state index contributed by atoms with van der Waals surface area (Å²) in [6.07, 6.45) is 2.96. The quantitative estimate of drug-likeness (QED) is 0.790. The number of rotatable bonds is 3. The van der Waals surface area contributed by atoms with E-state index in [4.69, 9.17) is 0 Å². The van der Waals surface area contributed by atoms with Crippen molar-refractivity contribution in [2.24, 2.45) is 14.4 Å². The Labute approximate surface area is 158 Å². The van der Waals surface area contributed by atoms with Gasteiger partial charge in [0.1, 0.15) is 15.6 Å². The smallest absolute Gasteiger partial charge is 0.288 e. The molecule has 0 saturated carbocycles. The van der Waals surface area contributed by atoms with Gasteiger partial charge in [-0.2, -0.15) is 12.8 Å². The molecular formula is C17H11N3O3S3. The van der Waals surface area contributed by atoms with Crippen LogP contribution in [0.2, 0.25) is 0 Å². The number of thioether (sulfide) groups is 1. The zero-order chi connectivity index (χ0) is 18.1. The van der Waals surface area contributed by atoms with E-state index >= 15 is 0 Å². The molecule has 6 nitrogen and oxygen atoms in total. The molecule has 0 spiro atoms. The normalized spacial score (nSPS) is 18.0. The number of carbonyl (C=O) groups is 1. The Morgan fingerprint density at radius 1 is 1.12 bits per heavy atom. The highest BCUT2D eigenvalue weighted by molar-refractivity contribution is 8.18. The van der Waals surface area contributed by atoms with Crippen molar-refractivity contribution in [3.63, 3.8) is 0 Å². The van der Waals surface area contributed by atoms with E-state index in [0.717, 1.165) is 11.3 Å². The van der Waals surface area contributed by atoms with Crippen LogP contribution in [0.4, 0.5) is 0 Å². The molecule has 1 aromatic heterocycles. The maximum Gasteiger partial charge on any atom is 0.292 e. The van der Waals surface area contributed by atoms with Gasteiger partial charge in [0, 0.05) is 11.1 Å². The Bertz CT molecular complexity index is 1110. The van der Waals surface area contributed by atoms with E-state index in [-0.39, 0.29) is 15.7 Å². The summed E-state index contributed by atoms with van der Waals surface area (Å²) in [7, 11) is -3.84. The molecule has 0 fully saturated rings. The van der Waals surface area contributed by atoms with Gasteiger partial charge in [-0.25, -0.2) is 4.99 Å². The SMILES string of the molecule is O=C1C(SC2=NC=NC2)=C/C(=N\S(=O)(=O)c2cccs2)c2ccccc21. The first-order valence-corrected chi connectivity index (χ1v) is 10.7. The van der Waals surface area contributed by atoms with Crippen LogP contribution in [0.15, 0.2) is 71.4 Å². The van der Waals surface area contributed by atoms with Gasteiger partial charge < -0.3 is 0 Å². The van der Waals surface area contributed by atoms with Crippen LogP contribution in [0.1, 0.15) is 15.9 Å². The minimum atomic E-state index is -3.84. The third kappa shape index (κ3) is 3.20. The van der Waals surface area contributed by atoms with Crippen molar-refractivity contribution in [2.45, 2.75) is 4.21 Å². The number of benzene rings is 1. The Hall–Kier alpha value is -2.36. The molecule has 9 heteroatoms. The van der Waals surface area contributed by atoms with Crippen molar-refractivity contribution in [1.29, 1.82) is 0 Å². The van der Waals surface area contributed by atoms with Gasteiger partial charge in [0.2, 0.25) is 5.78 Å². The van der Waals surface area contributed by atoms with E-state index in [1.165, 1.54) is 30.2 Å². The maximum atomic E-state index is 12.8. The molecule has 1 aromatic carbocycles. The first-order chi connectivity index (χ1) is 12.5. The van der Waals surface area contributed by atoms with Gasteiger partial charge in [0.25, 0.3) is 10.0 Å². The first-order valence-electron chi connectivity index (χ1n) is 7.52. The molecule has 0 radical (unpaired) electrons. The maximum absolute atomic E-state index is 12.8. The van der Waals surface area contributed by atoms with Gasteiger partial charge in [-0.15, -0.1) is 11.3 Å². The average molecular weight is 401 g/mol. The van der Waals surface area contributed by atoms with E-state index in [1.807, 2.05) is 0 Å². The minimum Gasteiger partial charge on any atom is -0.288 e. The number of thiophene rings is 1. The zero-order valence-corrected chi connectivity index (χ0v) is 15.6. The second-order valence-corrected chi connectivity index (χ2v) is 9.24. The van der Waals surface area contributed by atoms with Crippen LogP contribution in [-0.4, -0.2) is 37.8 Å². The summed E-state index contributed by atoms with van der Waals surface area (Å²) in [6, 6.07) is 10.0. The lowest BCUT2D eigenvalue weighted by Crippen LogP contribution is -2.18. The van der Waals surface area contributed by atoms with Crippen molar-refractivity contribution in [3.05, 3.63) is 63.9 Å². The standard InChI is InChI=1S/C17H11N3O3S3/c21-17-12-5-2-1-4-11(12)13(8-14(17)25-15-9-18-10-19-15)20-26(22,23)16-6-3-7-24-16/h1-8,10H,9H2/b20-13+. The molecule has 1 aliphatic heterocycles. The number of carbonyl (C=O) groups excluding carboxylic acids is 1. The zero-order valence-electron chi connectivity index (χ0n) is 13.2. The van der Waals surface area contributed by atoms with E-state index in [2.05, 4.69) is 14.4 Å². The summed E-state index contributed by atoms with van der Waals surface area (Å²) in [5.74, 6) is -0.173. The van der Waals surface area contributed by atoms with Crippen LogP contribution in [-0.2, 0) is 10.0 Å². The molecule has 0 bridgehead atoms. The summed E-state index contributed by atoms with van der Waals surface area (Å²) in [5.41, 5.74) is 1.18. The molecular weight excluding hydrogens is 390 g/mol. The number of nitrogens with zero attached hydrogens (tertiary/aromatic N) is 3. The fourth-order valence-electron chi connectivity index (χ4n) is 2.49. The Morgan fingerprint density at radius 2 is 1.92 bits per heavy atom. The van der Waals surface area contributed by atoms with Crippen molar-refractivity contribution in [3.8, 4) is 0 Å². The highest BCUT2D eigenvalue weighted by atomic mass is 32.2. The third-order valence-electron chi connectivity index (χ3n) is 3.64. The van der Waals surface area contributed by atoms with Gasteiger partial charge >= 0.3 is 0 Å². The number of hydrogen-bond donors (Lipinski definition) is 0. The lowest BCUT2D eigenvalue weighted by Gasteiger charge is -2.16. The average Bonchev–Trinajstić information content (AvgIpc) is 3.33. The predicted octanol–water partition coefficient (Wildman–Crippen LogP) is 3.18. The summed E-state index contributed by atoms with van der Waals surface area (Å²) in [4.78, 5) is 21.2. The molecule has 2 aromatic rings. The lowest BCUT2D eigenvalue weighted by atomic mass is 9.94. The molecule has 130 valence electrons. The van der Waals surface area contributed by atoms with Crippen molar-refractivity contribution in [1.82, 2.24) is 0 Å². The molecule has 2 heterocycles. The van der Waals surface area contributed by atoms with E-state index < -0.39 is 10.0 Å². The highest BCUT2D eigenvalue weighted by Gasteiger charge is 2.27. The minimum absolute atomic E-state index is 0.163. The van der Waals surface area contributed by atoms with E-state index in [0.29, 0.717) is 27.6 Å². The predicted molar refractivity (Wildman–Crippen MR) is 105 cm³/mol. The van der Waals surface area contributed by atoms with E-state index in [9.17, 15) is 13.2 Å². The topological polar surface area (TPSA) is 88.3 Å². The molecule has 4 rings (SSSR count). The summed E-state index contributed by atoms with van der Waals surface area (Å²) in [6.45, 7) is 0.414. The van der Waals surface area contributed by atoms with Crippen LogP contribution in [0.3, 0.4) is 0 Å². The van der Waals surface area contributed by atoms with Crippen LogP contribution in [0.25, 0.3) is 0 Å². The number of Topliss-reactive ketones (excluding diaryl/α,β-unsaturated/α-hetero) is 1. The van der Waals surface area contributed by atoms with Crippen LogP contribution < -0.4 is 0 Å². The largest absolute Gasteiger partial charge is 0.292 e. The van der Waals surface area contributed by atoms with Gasteiger partial charge in [-0.05, 0) is 17.5 Å². The van der Waals surface area contributed by atoms with Crippen molar-refractivity contribution >= 4 is 56.0 Å². The molecule has 26 heavy (non-hydrogen) atoms. The number of aliphatic imine (C=N–C) groups is 2. The Morgan fingerprint density at radius 3 is 2.62 bits per heavy atom. The first kappa shape index (κ1) is 17.1. The number of hydrogen-bond acceptors (Lipinski definition) is 7. The second kappa shape index (κ2) is 6.75. The molecule has 1 aliphatic carbocycles. The van der Waals surface area contributed by atoms with Crippen molar-refractivity contribution in [2.75, 3.05) is 6.54 Å². The molecule has 0 atom stereocenters. The lowest BCUT2D eigenvalue weighted by molar-refractivity contribution is 0.104. The van der Waals surface area contributed by atoms with Gasteiger partial charge in [0.05, 0.1) is 17.2 Å². The summed E-state index contributed by atoms with van der Waals surface area (Å²) >= 11 is 2.29. The highest BCUT2D eigenvalue weighted by Crippen LogP contribution is 2.31. The van der Waals surface area contributed by atoms with Gasteiger partial charge in [-0.3, -0.25) is 9.79 Å². The Balaban J connectivity index is 1.81. The molecule has 0 unspecified atom stereocenters. The third-order valence-corrected chi connectivity index (χ3v) is 7.30. The monoisotopic (exact) mass is 401 g/mol. The van der Waals surface area contributed by atoms with Crippen LogP contribution in [0.5, 0.6) is 0 Å². The summed E-state index contributed by atoms with van der Waals surface area (Å²) in [5, 5.41) is 2.37. The van der Waals surface area contributed by atoms with Crippen LogP contribution in [0, 0.1) is 0 Å². The second-order valence-electron chi connectivity index (χ2n) is 5.35. The fraction of sp³-hybridized carbons (Fsp3) is 0.0588. The molecule has 2 aliphatic rings. The number of sulfonamides is 1. The fourth-order valence-corrected chi connectivity index (χ4v) is 5.32. The van der Waals surface area contributed by atoms with E-state index in [1.54, 1.807) is 35.7 Å². The van der Waals surface area contributed by atoms with Gasteiger partial charge in [-0.1, -0.05) is 42.1 Å². The Kier molecular flexibility index (Phi) is 4.43. The number of fused-ring (bicyclic) bond motifs is 1. The molecule has 0 N–H and O–H groups in total. The molecule has 0 amide bonds. The summed E-state index contributed by atoms with van der Waals surface area (Å²) < 4.78 is 29.3. The number of allylic oxidation sites excluding steroid dienone is 2. The number of ketones is 1. The van der Waals surface area contributed by atoms with Crippen LogP contribution >= 0.6 is 23.1 Å².